The minimum absolute atomic E-state index is 0.383. The third-order valence-corrected chi connectivity index (χ3v) is 11.8. The largest absolute Gasteiger partial charge is 0.228 e. The van der Waals surface area contributed by atoms with Crippen LogP contribution in [0.5, 0.6) is 0 Å². The highest BCUT2D eigenvalue weighted by atomic mass is 14.9. The van der Waals surface area contributed by atoms with Crippen LogP contribution in [0.25, 0.3) is 78.4 Å². The Bertz CT molecular complexity index is 2910. The summed E-state index contributed by atoms with van der Waals surface area (Å²) in [5.74, 6) is 0.712. The number of fused-ring (bicyclic) bond motifs is 10. The van der Waals surface area contributed by atoms with E-state index in [-0.39, 0.29) is 5.41 Å². The normalized spacial score (nSPS) is 12.9. The lowest BCUT2D eigenvalue weighted by atomic mass is 9.70. The lowest BCUT2D eigenvalue weighted by molar-refractivity contribution is 0.794. The molecule has 0 aliphatic heterocycles. The molecule has 2 nitrogen and oxygen atoms in total. The van der Waals surface area contributed by atoms with Crippen LogP contribution in [0.2, 0.25) is 0 Å². The van der Waals surface area contributed by atoms with Crippen molar-refractivity contribution >= 4 is 0 Å². The van der Waals surface area contributed by atoms with E-state index < -0.39 is 0 Å². The predicted octanol–water partition coefficient (Wildman–Crippen LogP) is 13.5. The fourth-order valence-electron chi connectivity index (χ4n) is 9.20. The monoisotopic (exact) mass is 712 g/mol. The van der Waals surface area contributed by atoms with Crippen LogP contribution >= 0.6 is 0 Å². The Labute approximate surface area is 327 Å². The summed E-state index contributed by atoms with van der Waals surface area (Å²) >= 11 is 0. The molecule has 0 unspecified atom stereocenters. The average Bonchev–Trinajstić information content (AvgIpc) is 3.74. The average molecular weight is 713 g/mol. The number of nitrogens with zero attached hydrogens (tertiary/aromatic N) is 2. The van der Waals surface area contributed by atoms with Gasteiger partial charge in [-0.05, 0) is 98.0 Å². The van der Waals surface area contributed by atoms with Crippen LogP contribution in [0, 0.1) is 6.92 Å². The summed E-state index contributed by atoms with van der Waals surface area (Å²) in [5, 5.41) is 0. The van der Waals surface area contributed by atoms with E-state index in [9.17, 15) is 0 Å². The Morgan fingerprint density at radius 3 is 1.30 bits per heavy atom. The minimum Gasteiger partial charge on any atom is -0.228 e. The summed E-state index contributed by atoms with van der Waals surface area (Å²) in [7, 11) is 0. The van der Waals surface area contributed by atoms with E-state index in [4.69, 9.17) is 9.97 Å². The van der Waals surface area contributed by atoms with E-state index in [2.05, 4.69) is 207 Å². The van der Waals surface area contributed by atoms with Gasteiger partial charge in [0.25, 0.3) is 0 Å². The summed E-state index contributed by atoms with van der Waals surface area (Å²) in [5.41, 5.74) is 21.0. The summed E-state index contributed by atoms with van der Waals surface area (Å²) in [4.78, 5) is 10.4. The van der Waals surface area contributed by atoms with Gasteiger partial charge in [0.1, 0.15) is 0 Å². The molecule has 1 aromatic heterocycles. The quantitative estimate of drug-likeness (QED) is 0.178. The van der Waals surface area contributed by atoms with E-state index in [1.54, 1.807) is 0 Å². The van der Waals surface area contributed by atoms with Gasteiger partial charge in [0.15, 0.2) is 5.82 Å². The van der Waals surface area contributed by atoms with Gasteiger partial charge in [-0.1, -0.05) is 181 Å². The van der Waals surface area contributed by atoms with E-state index in [1.165, 1.54) is 61.2 Å². The summed E-state index contributed by atoms with van der Waals surface area (Å²) in [6, 6.07) is 72.7. The van der Waals surface area contributed by atoms with E-state index in [1.807, 2.05) is 0 Å². The maximum absolute atomic E-state index is 5.23. The Kier molecular flexibility index (Phi) is 7.33. The molecule has 2 heteroatoms. The number of hydrogen-bond donors (Lipinski definition) is 0. The highest BCUT2D eigenvalue weighted by Gasteiger charge is 2.51. The molecule has 0 bridgehead atoms. The van der Waals surface area contributed by atoms with Crippen LogP contribution in [-0.2, 0) is 5.41 Å². The van der Waals surface area contributed by atoms with Gasteiger partial charge in [0.05, 0.1) is 16.8 Å². The summed E-state index contributed by atoms with van der Waals surface area (Å²) < 4.78 is 0. The van der Waals surface area contributed by atoms with Crippen molar-refractivity contribution in [1.29, 1.82) is 0 Å². The van der Waals surface area contributed by atoms with Crippen molar-refractivity contribution in [3.05, 3.63) is 228 Å². The molecule has 0 atom stereocenters. The van der Waals surface area contributed by atoms with Crippen LogP contribution in [0.3, 0.4) is 0 Å². The molecular weight excluding hydrogens is 677 g/mol. The second kappa shape index (κ2) is 12.7. The van der Waals surface area contributed by atoms with Crippen molar-refractivity contribution in [2.75, 3.05) is 0 Å². The van der Waals surface area contributed by atoms with Gasteiger partial charge in [0.2, 0.25) is 0 Å². The number of benzene rings is 8. The van der Waals surface area contributed by atoms with E-state index >= 15 is 0 Å². The molecule has 8 aromatic carbocycles. The van der Waals surface area contributed by atoms with Gasteiger partial charge in [0, 0.05) is 16.7 Å². The van der Waals surface area contributed by atoms with Crippen molar-refractivity contribution < 1.29 is 0 Å². The number of aromatic nitrogens is 2. The van der Waals surface area contributed by atoms with Gasteiger partial charge in [-0.2, -0.15) is 0 Å². The molecule has 2 aliphatic rings. The lowest BCUT2D eigenvalue weighted by Crippen LogP contribution is -2.25. The van der Waals surface area contributed by atoms with Gasteiger partial charge in [-0.3, -0.25) is 0 Å². The Morgan fingerprint density at radius 2 is 0.732 bits per heavy atom. The van der Waals surface area contributed by atoms with E-state index in [0.717, 1.165) is 39.2 Å². The number of hydrogen-bond acceptors (Lipinski definition) is 2. The molecular formula is C54H36N2. The molecule has 0 saturated heterocycles. The van der Waals surface area contributed by atoms with Crippen molar-refractivity contribution in [3.63, 3.8) is 0 Å². The third kappa shape index (κ3) is 4.96. The lowest BCUT2D eigenvalue weighted by Gasteiger charge is -2.30. The standard InChI is InChI=1S/C54H36N2/c1-35-25-27-37(28-26-35)53-55-51(41-17-11-15-38(31-41)36-13-3-2-4-14-36)34-52(56-53)42-18-12-16-39(32-42)40-29-30-46-45-21-7-10-24-49(45)54(50(46)33-40)47-22-8-5-19-43(47)44-20-6-9-23-48(44)54/h2-34H,1H3. The second-order valence-electron chi connectivity index (χ2n) is 15.0. The SMILES string of the molecule is Cc1ccc(-c2nc(-c3cccc(-c4ccccc4)c3)cc(-c3cccc(-c4ccc5c(c4)C4(c6ccccc6-c6ccccc64)c4ccccc4-5)c3)n2)cc1. The van der Waals surface area contributed by atoms with Crippen LogP contribution in [-0.4, -0.2) is 9.97 Å². The van der Waals surface area contributed by atoms with Crippen molar-refractivity contribution in [2.24, 2.45) is 0 Å². The first kappa shape index (κ1) is 32.3. The molecule has 11 rings (SSSR count). The topological polar surface area (TPSA) is 25.8 Å². The maximum Gasteiger partial charge on any atom is 0.160 e. The smallest absolute Gasteiger partial charge is 0.160 e. The van der Waals surface area contributed by atoms with Gasteiger partial charge < -0.3 is 0 Å². The first-order valence-corrected chi connectivity index (χ1v) is 19.3. The highest BCUT2D eigenvalue weighted by molar-refractivity contribution is 5.96. The van der Waals surface area contributed by atoms with Crippen molar-refractivity contribution in [1.82, 2.24) is 9.97 Å². The van der Waals surface area contributed by atoms with Gasteiger partial charge in [-0.15, -0.1) is 0 Å². The molecule has 0 radical (unpaired) electrons. The first-order chi connectivity index (χ1) is 27.6. The molecule has 0 amide bonds. The molecule has 1 heterocycles. The van der Waals surface area contributed by atoms with E-state index in [0.29, 0.717) is 5.82 Å². The molecule has 2 aliphatic carbocycles. The molecule has 0 N–H and O–H groups in total. The highest BCUT2D eigenvalue weighted by Crippen LogP contribution is 2.63. The zero-order valence-corrected chi connectivity index (χ0v) is 30.9. The molecule has 0 fully saturated rings. The Hall–Kier alpha value is -7.16. The summed E-state index contributed by atoms with van der Waals surface area (Å²) in [6.07, 6.45) is 0. The van der Waals surface area contributed by atoms with Crippen molar-refractivity contribution in [2.45, 2.75) is 12.3 Å². The zero-order valence-electron chi connectivity index (χ0n) is 30.9. The van der Waals surface area contributed by atoms with Crippen LogP contribution in [0.4, 0.5) is 0 Å². The third-order valence-electron chi connectivity index (χ3n) is 11.8. The molecule has 56 heavy (non-hydrogen) atoms. The maximum atomic E-state index is 5.23. The number of rotatable bonds is 5. The number of aryl methyl sites for hydroxylation is 1. The Balaban J connectivity index is 1.06. The molecule has 1 spiro atoms. The second-order valence-corrected chi connectivity index (χ2v) is 15.0. The molecule has 0 saturated carbocycles. The van der Waals surface area contributed by atoms with Crippen LogP contribution in [0.15, 0.2) is 200 Å². The van der Waals surface area contributed by atoms with Crippen LogP contribution in [0.1, 0.15) is 27.8 Å². The zero-order chi connectivity index (χ0) is 37.2. The Morgan fingerprint density at radius 1 is 0.304 bits per heavy atom. The van der Waals surface area contributed by atoms with Gasteiger partial charge >= 0.3 is 0 Å². The predicted molar refractivity (Wildman–Crippen MR) is 230 cm³/mol. The fourth-order valence-corrected chi connectivity index (χ4v) is 9.20. The van der Waals surface area contributed by atoms with Crippen molar-refractivity contribution in [3.8, 4) is 78.4 Å². The summed E-state index contributed by atoms with van der Waals surface area (Å²) in [6.45, 7) is 2.11. The van der Waals surface area contributed by atoms with Gasteiger partial charge in [-0.25, -0.2) is 9.97 Å². The van der Waals surface area contributed by atoms with Crippen LogP contribution < -0.4 is 0 Å². The molecule has 262 valence electrons. The minimum atomic E-state index is -0.383. The first-order valence-electron chi connectivity index (χ1n) is 19.3. The molecule has 9 aromatic rings. The fraction of sp³-hybridized carbons (Fsp3) is 0.0370.